The summed E-state index contributed by atoms with van der Waals surface area (Å²) in [5.41, 5.74) is 5.57. The molecular formula is C8H6ClN3O2. The molecule has 0 saturated heterocycles. The molecule has 72 valence electrons. The number of nitrogens with two attached hydrogens (primary N) is 1. The number of rotatable bonds is 1. The van der Waals surface area contributed by atoms with Crippen molar-refractivity contribution in [2.45, 2.75) is 0 Å². The van der Waals surface area contributed by atoms with E-state index >= 15 is 0 Å². The van der Waals surface area contributed by atoms with Crippen molar-refractivity contribution >= 4 is 17.6 Å². The fourth-order valence-corrected chi connectivity index (χ4v) is 1.32. The Bertz CT molecular complexity index is 449. The second-order valence-corrected chi connectivity index (χ2v) is 3.00. The lowest BCUT2D eigenvalue weighted by atomic mass is 10.2. The molecule has 0 atom stereocenters. The number of phenols is 1. The standard InChI is InChI=1S/C8H6ClN3O2/c9-4-2-1-3-5(13)6(4)7-11-8(10)14-12-7/h1-3,13H,(H2,10,11,12). The van der Waals surface area contributed by atoms with Gasteiger partial charge >= 0.3 is 6.01 Å². The van der Waals surface area contributed by atoms with Gasteiger partial charge in [-0.05, 0) is 12.1 Å². The summed E-state index contributed by atoms with van der Waals surface area (Å²) in [4.78, 5) is 3.76. The molecule has 0 bridgehead atoms. The molecule has 0 spiro atoms. The molecular weight excluding hydrogens is 206 g/mol. The quantitative estimate of drug-likeness (QED) is 0.750. The van der Waals surface area contributed by atoms with Gasteiger partial charge in [0.05, 0.1) is 10.6 Å². The van der Waals surface area contributed by atoms with Crippen LogP contribution in [0.5, 0.6) is 5.75 Å². The van der Waals surface area contributed by atoms with Gasteiger partial charge < -0.3 is 15.4 Å². The second-order valence-electron chi connectivity index (χ2n) is 2.59. The molecule has 1 aromatic carbocycles. The van der Waals surface area contributed by atoms with E-state index in [4.69, 9.17) is 17.3 Å². The molecule has 2 rings (SSSR count). The first-order valence-corrected chi connectivity index (χ1v) is 4.13. The number of nitrogens with zero attached hydrogens (tertiary/aromatic N) is 2. The lowest BCUT2D eigenvalue weighted by Gasteiger charge is -2.00. The van der Waals surface area contributed by atoms with E-state index in [1.807, 2.05) is 0 Å². The largest absolute Gasteiger partial charge is 0.507 e. The zero-order valence-corrected chi connectivity index (χ0v) is 7.69. The fraction of sp³-hybridized carbons (Fsp3) is 0. The molecule has 14 heavy (non-hydrogen) atoms. The molecule has 3 N–H and O–H groups in total. The molecule has 0 amide bonds. The molecule has 0 fully saturated rings. The Kier molecular flexibility index (Phi) is 2.01. The molecule has 0 aliphatic carbocycles. The van der Waals surface area contributed by atoms with Gasteiger partial charge in [-0.2, -0.15) is 4.98 Å². The summed E-state index contributed by atoms with van der Waals surface area (Å²) in [5, 5.41) is 13.4. The Labute approximate surface area is 84.1 Å². The fourth-order valence-electron chi connectivity index (χ4n) is 1.07. The number of phenolic OH excluding ortho intramolecular Hbond substituents is 1. The first-order valence-electron chi connectivity index (χ1n) is 3.75. The summed E-state index contributed by atoms with van der Waals surface area (Å²) in [7, 11) is 0. The predicted octanol–water partition coefficient (Wildman–Crippen LogP) is 1.68. The third-order valence-corrected chi connectivity index (χ3v) is 1.97. The van der Waals surface area contributed by atoms with Crippen molar-refractivity contribution in [3.05, 3.63) is 23.2 Å². The Morgan fingerprint density at radius 1 is 1.43 bits per heavy atom. The maximum absolute atomic E-state index is 9.51. The number of benzene rings is 1. The molecule has 0 aliphatic heterocycles. The van der Waals surface area contributed by atoms with Crippen molar-refractivity contribution in [2.24, 2.45) is 0 Å². The summed E-state index contributed by atoms with van der Waals surface area (Å²) in [6.07, 6.45) is 0. The van der Waals surface area contributed by atoms with Crippen molar-refractivity contribution in [3.63, 3.8) is 0 Å². The van der Waals surface area contributed by atoms with Crippen LogP contribution in [0.4, 0.5) is 6.01 Å². The van der Waals surface area contributed by atoms with Gasteiger partial charge in [0.1, 0.15) is 5.75 Å². The second kappa shape index (κ2) is 3.19. The molecule has 6 heteroatoms. The summed E-state index contributed by atoms with van der Waals surface area (Å²) in [5.74, 6) is 0.156. The van der Waals surface area contributed by atoms with Gasteiger partial charge in [-0.15, -0.1) is 0 Å². The highest BCUT2D eigenvalue weighted by Crippen LogP contribution is 2.33. The average molecular weight is 212 g/mol. The SMILES string of the molecule is Nc1nc(-c2c(O)cccc2Cl)no1. The van der Waals surface area contributed by atoms with Crippen LogP contribution in [0.15, 0.2) is 22.7 Å². The number of halogens is 1. The average Bonchev–Trinajstić information content (AvgIpc) is 2.51. The molecule has 0 unspecified atom stereocenters. The highest BCUT2D eigenvalue weighted by molar-refractivity contribution is 6.33. The Hall–Kier alpha value is -1.75. The van der Waals surface area contributed by atoms with Crippen LogP contribution in [-0.4, -0.2) is 15.2 Å². The molecule has 0 radical (unpaired) electrons. The number of hydrogen-bond donors (Lipinski definition) is 2. The topological polar surface area (TPSA) is 85.2 Å². The van der Waals surface area contributed by atoms with Gasteiger partial charge in [0, 0.05) is 0 Å². The van der Waals surface area contributed by atoms with Crippen LogP contribution >= 0.6 is 11.6 Å². The van der Waals surface area contributed by atoms with Crippen molar-refractivity contribution in [1.82, 2.24) is 10.1 Å². The highest BCUT2D eigenvalue weighted by Gasteiger charge is 2.14. The zero-order valence-electron chi connectivity index (χ0n) is 6.94. The summed E-state index contributed by atoms with van der Waals surface area (Å²) in [6, 6.07) is 4.64. The van der Waals surface area contributed by atoms with E-state index in [0.717, 1.165) is 0 Å². The molecule has 0 aliphatic rings. The van der Waals surface area contributed by atoms with Gasteiger partial charge in [0.15, 0.2) is 0 Å². The molecule has 1 heterocycles. The van der Waals surface area contributed by atoms with Crippen molar-refractivity contribution in [1.29, 1.82) is 0 Å². The lowest BCUT2D eigenvalue weighted by molar-refractivity contribution is 0.435. The number of aromatic hydroxyl groups is 1. The Morgan fingerprint density at radius 2 is 2.21 bits per heavy atom. The molecule has 2 aromatic rings. The van der Waals surface area contributed by atoms with Crippen LogP contribution < -0.4 is 5.73 Å². The molecule has 5 nitrogen and oxygen atoms in total. The first kappa shape index (κ1) is 8.83. The number of anilines is 1. The predicted molar refractivity (Wildman–Crippen MR) is 50.8 cm³/mol. The number of hydrogen-bond acceptors (Lipinski definition) is 5. The van der Waals surface area contributed by atoms with Crippen LogP contribution in [0.25, 0.3) is 11.4 Å². The maximum atomic E-state index is 9.51. The van der Waals surface area contributed by atoms with E-state index in [1.54, 1.807) is 12.1 Å². The molecule has 0 saturated carbocycles. The smallest absolute Gasteiger partial charge is 0.319 e. The minimum atomic E-state index is -0.0701. The van der Waals surface area contributed by atoms with E-state index in [0.29, 0.717) is 10.6 Å². The summed E-state index contributed by atoms with van der Waals surface area (Å²) in [6.45, 7) is 0. The van der Waals surface area contributed by atoms with E-state index < -0.39 is 0 Å². The summed E-state index contributed by atoms with van der Waals surface area (Å²) >= 11 is 5.85. The van der Waals surface area contributed by atoms with Crippen molar-refractivity contribution < 1.29 is 9.63 Å². The van der Waals surface area contributed by atoms with Crippen molar-refractivity contribution in [2.75, 3.05) is 5.73 Å². The third-order valence-electron chi connectivity index (χ3n) is 1.66. The monoisotopic (exact) mass is 211 g/mol. The van der Waals surface area contributed by atoms with E-state index in [1.165, 1.54) is 6.07 Å². The Morgan fingerprint density at radius 3 is 2.79 bits per heavy atom. The molecule has 1 aromatic heterocycles. The van der Waals surface area contributed by atoms with Crippen LogP contribution in [0.1, 0.15) is 0 Å². The maximum Gasteiger partial charge on any atom is 0.319 e. The van der Waals surface area contributed by atoms with Crippen LogP contribution in [-0.2, 0) is 0 Å². The number of nitrogen functional groups attached to an aromatic ring is 1. The highest BCUT2D eigenvalue weighted by atomic mass is 35.5. The van der Waals surface area contributed by atoms with E-state index in [-0.39, 0.29) is 17.6 Å². The normalized spacial score (nSPS) is 10.4. The van der Waals surface area contributed by atoms with Gasteiger partial charge in [0.2, 0.25) is 5.82 Å². The van der Waals surface area contributed by atoms with Crippen molar-refractivity contribution in [3.8, 4) is 17.1 Å². The van der Waals surface area contributed by atoms with Crippen LogP contribution in [0, 0.1) is 0 Å². The van der Waals surface area contributed by atoms with Crippen LogP contribution in [0.3, 0.4) is 0 Å². The lowest BCUT2D eigenvalue weighted by Crippen LogP contribution is -1.85. The Balaban J connectivity index is 2.61. The van der Waals surface area contributed by atoms with E-state index in [9.17, 15) is 5.11 Å². The van der Waals surface area contributed by atoms with Gasteiger partial charge in [-0.25, -0.2) is 0 Å². The first-order chi connectivity index (χ1) is 6.68. The minimum absolute atomic E-state index is 0.0155. The number of aromatic nitrogens is 2. The third kappa shape index (κ3) is 1.38. The van der Waals surface area contributed by atoms with Crippen LogP contribution in [0.2, 0.25) is 5.02 Å². The van der Waals surface area contributed by atoms with Gasteiger partial charge in [0.25, 0.3) is 0 Å². The van der Waals surface area contributed by atoms with Gasteiger partial charge in [-0.1, -0.05) is 22.8 Å². The zero-order chi connectivity index (χ0) is 10.1. The minimum Gasteiger partial charge on any atom is -0.507 e. The van der Waals surface area contributed by atoms with Gasteiger partial charge in [-0.3, -0.25) is 0 Å². The summed E-state index contributed by atoms with van der Waals surface area (Å²) < 4.78 is 4.58. The van der Waals surface area contributed by atoms with E-state index in [2.05, 4.69) is 14.7 Å².